The fraction of sp³-hybridized carbons (Fsp3) is 0.0625. The van der Waals surface area contributed by atoms with Crippen molar-refractivity contribution in [3.05, 3.63) is 56.6 Å². The van der Waals surface area contributed by atoms with E-state index in [9.17, 15) is 4.79 Å². The van der Waals surface area contributed by atoms with E-state index >= 15 is 0 Å². The zero-order valence-electron chi connectivity index (χ0n) is 12.4. The quantitative estimate of drug-likeness (QED) is 0.559. The summed E-state index contributed by atoms with van der Waals surface area (Å²) in [6.07, 6.45) is 0. The second kappa shape index (κ2) is 7.45. The Balaban J connectivity index is 1.82. The molecule has 1 aromatic heterocycles. The molecular formula is C16H11ClIN3O2S. The summed E-state index contributed by atoms with van der Waals surface area (Å²) in [5.74, 6) is 0.0186. The number of nitrogens with zero attached hydrogens (tertiary/aromatic N) is 2. The molecule has 0 saturated heterocycles. The van der Waals surface area contributed by atoms with Gasteiger partial charge >= 0.3 is 0 Å². The van der Waals surface area contributed by atoms with Gasteiger partial charge in [0, 0.05) is 9.13 Å². The maximum absolute atomic E-state index is 12.5. The number of carbonyl (C=O) groups excluding carboxylic acids is 1. The summed E-state index contributed by atoms with van der Waals surface area (Å²) in [7, 11) is 1.49. The van der Waals surface area contributed by atoms with Crippen LogP contribution in [0, 0.1) is 3.57 Å². The van der Waals surface area contributed by atoms with Gasteiger partial charge in [0.05, 0.1) is 12.1 Å². The number of halogens is 2. The number of methoxy groups -OCH3 is 1. The molecule has 0 saturated carbocycles. The molecule has 0 atom stereocenters. The van der Waals surface area contributed by atoms with Gasteiger partial charge in [-0.1, -0.05) is 41.1 Å². The summed E-state index contributed by atoms with van der Waals surface area (Å²) in [5, 5.41) is 12.3. The first-order chi connectivity index (χ1) is 11.6. The van der Waals surface area contributed by atoms with Crippen molar-refractivity contribution >= 4 is 56.6 Å². The van der Waals surface area contributed by atoms with E-state index in [1.54, 1.807) is 18.2 Å². The third kappa shape index (κ3) is 3.68. The highest BCUT2D eigenvalue weighted by molar-refractivity contribution is 14.1. The van der Waals surface area contributed by atoms with Crippen LogP contribution in [0.2, 0.25) is 5.02 Å². The van der Waals surface area contributed by atoms with Gasteiger partial charge in [-0.25, -0.2) is 0 Å². The minimum absolute atomic E-state index is 0.271. The topological polar surface area (TPSA) is 64.1 Å². The van der Waals surface area contributed by atoms with E-state index < -0.39 is 0 Å². The number of hydrogen-bond acceptors (Lipinski definition) is 5. The summed E-state index contributed by atoms with van der Waals surface area (Å²) < 4.78 is 6.33. The molecule has 1 heterocycles. The lowest BCUT2D eigenvalue weighted by molar-refractivity contribution is 0.102. The van der Waals surface area contributed by atoms with E-state index in [1.165, 1.54) is 18.4 Å². The van der Waals surface area contributed by atoms with Crippen LogP contribution in [0.15, 0.2) is 42.5 Å². The highest BCUT2D eigenvalue weighted by Gasteiger charge is 2.18. The van der Waals surface area contributed by atoms with Crippen LogP contribution in [0.3, 0.4) is 0 Å². The van der Waals surface area contributed by atoms with Gasteiger partial charge in [0.15, 0.2) is 0 Å². The van der Waals surface area contributed by atoms with E-state index in [1.807, 2.05) is 24.3 Å². The van der Waals surface area contributed by atoms with Crippen LogP contribution < -0.4 is 10.1 Å². The fourth-order valence-electron chi connectivity index (χ4n) is 2.04. The first kappa shape index (κ1) is 17.1. The zero-order chi connectivity index (χ0) is 17.1. The first-order valence-electron chi connectivity index (χ1n) is 6.82. The molecule has 122 valence electrons. The van der Waals surface area contributed by atoms with E-state index in [-0.39, 0.29) is 11.5 Å². The molecule has 0 radical (unpaired) electrons. The molecule has 0 bridgehead atoms. The monoisotopic (exact) mass is 471 g/mol. The predicted octanol–water partition coefficient (Wildman–Crippen LogP) is 4.72. The lowest BCUT2D eigenvalue weighted by Gasteiger charge is -2.08. The third-order valence-corrected chi connectivity index (χ3v) is 5.08. The van der Waals surface area contributed by atoms with E-state index in [2.05, 4.69) is 38.1 Å². The average Bonchev–Trinajstić information content (AvgIpc) is 3.03. The number of nitrogens with one attached hydrogen (secondary N) is 1. The van der Waals surface area contributed by atoms with Crippen LogP contribution in [0.5, 0.6) is 5.75 Å². The van der Waals surface area contributed by atoms with Gasteiger partial charge in [-0.05, 0) is 46.9 Å². The number of hydrogen-bond donors (Lipinski definition) is 1. The molecule has 24 heavy (non-hydrogen) atoms. The molecule has 0 aliphatic carbocycles. The summed E-state index contributed by atoms with van der Waals surface area (Å²) in [4.78, 5) is 12.5. The second-order valence-electron chi connectivity index (χ2n) is 4.69. The van der Waals surface area contributed by atoms with Gasteiger partial charge in [-0.15, -0.1) is 10.2 Å². The maximum Gasteiger partial charge on any atom is 0.262 e. The number of carbonyl (C=O) groups is 1. The lowest BCUT2D eigenvalue weighted by Crippen LogP contribution is -2.13. The normalized spacial score (nSPS) is 10.5. The molecule has 2 aromatic carbocycles. The van der Waals surface area contributed by atoms with Crippen molar-refractivity contribution in [2.24, 2.45) is 0 Å². The van der Waals surface area contributed by atoms with Gasteiger partial charge in [-0.2, -0.15) is 0 Å². The number of amides is 1. The molecule has 0 spiro atoms. The van der Waals surface area contributed by atoms with E-state index in [0.29, 0.717) is 15.9 Å². The summed E-state index contributed by atoms with van der Waals surface area (Å²) in [5.41, 5.74) is 1.22. The van der Waals surface area contributed by atoms with Crippen LogP contribution in [-0.4, -0.2) is 23.2 Å². The van der Waals surface area contributed by atoms with Crippen LogP contribution in [0.4, 0.5) is 5.13 Å². The van der Waals surface area contributed by atoms with Crippen molar-refractivity contribution in [3.63, 3.8) is 0 Å². The Hall–Kier alpha value is -1.71. The average molecular weight is 472 g/mol. The van der Waals surface area contributed by atoms with Crippen LogP contribution >= 0.6 is 45.5 Å². The van der Waals surface area contributed by atoms with Gasteiger partial charge in [0.2, 0.25) is 5.13 Å². The Labute approximate surface area is 161 Å². The largest absolute Gasteiger partial charge is 0.496 e. The molecule has 1 N–H and O–H groups in total. The Morgan fingerprint density at radius 2 is 1.96 bits per heavy atom. The van der Waals surface area contributed by atoms with Crippen molar-refractivity contribution in [3.8, 4) is 16.3 Å². The highest BCUT2D eigenvalue weighted by Crippen LogP contribution is 2.30. The van der Waals surface area contributed by atoms with Crippen LogP contribution in [-0.2, 0) is 0 Å². The molecule has 3 aromatic rings. The smallest absolute Gasteiger partial charge is 0.262 e. The van der Waals surface area contributed by atoms with E-state index in [4.69, 9.17) is 16.3 Å². The van der Waals surface area contributed by atoms with Crippen LogP contribution in [0.25, 0.3) is 10.6 Å². The maximum atomic E-state index is 12.5. The molecule has 5 nitrogen and oxygen atoms in total. The van der Waals surface area contributed by atoms with Crippen molar-refractivity contribution in [1.29, 1.82) is 0 Å². The number of anilines is 1. The molecule has 0 unspecified atom stereocenters. The molecule has 0 aliphatic rings. The Bertz CT molecular complexity index is 883. The predicted molar refractivity (Wildman–Crippen MR) is 104 cm³/mol. The lowest BCUT2D eigenvalue weighted by atomic mass is 10.2. The minimum atomic E-state index is -0.386. The fourth-order valence-corrected chi connectivity index (χ4v) is 3.39. The zero-order valence-corrected chi connectivity index (χ0v) is 16.1. The van der Waals surface area contributed by atoms with Crippen molar-refractivity contribution < 1.29 is 9.53 Å². The van der Waals surface area contributed by atoms with Crippen LogP contribution in [0.1, 0.15) is 10.4 Å². The van der Waals surface area contributed by atoms with Crippen molar-refractivity contribution in [2.45, 2.75) is 0 Å². The Morgan fingerprint density at radius 3 is 2.67 bits per heavy atom. The van der Waals surface area contributed by atoms with Gasteiger partial charge in [0.1, 0.15) is 16.3 Å². The summed E-state index contributed by atoms with van der Waals surface area (Å²) >= 11 is 9.64. The molecular weight excluding hydrogens is 461 g/mol. The van der Waals surface area contributed by atoms with Crippen molar-refractivity contribution in [2.75, 3.05) is 12.4 Å². The summed E-state index contributed by atoms with van der Waals surface area (Å²) in [6.45, 7) is 0. The number of ether oxygens (including phenoxy) is 1. The number of benzene rings is 2. The molecule has 0 aliphatic heterocycles. The van der Waals surface area contributed by atoms with Crippen molar-refractivity contribution in [1.82, 2.24) is 10.2 Å². The molecule has 0 fully saturated rings. The van der Waals surface area contributed by atoms with Gasteiger partial charge in [0.25, 0.3) is 5.91 Å². The van der Waals surface area contributed by atoms with E-state index in [0.717, 1.165) is 14.1 Å². The SMILES string of the molecule is COc1cccc(Cl)c1C(=O)Nc1nnc(-c2ccc(I)cc2)s1. The third-order valence-electron chi connectivity index (χ3n) is 3.16. The first-order valence-corrected chi connectivity index (χ1v) is 9.09. The van der Waals surface area contributed by atoms with Gasteiger partial charge < -0.3 is 4.74 Å². The number of rotatable bonds is 4. The highest BCUT2D eigenvalue weighted by atomic mass is 127. The molecule has 1 amide bonds. The number of aromatic nitrogens is 2. The molecule has 3 rings (SSSR count). The molecule has 8 heteroatoms. The summed E-state index contributed by atoms with van der Waals surface area (Å²) in [6, 6.07) is 12.9. The minimum Gasteiger partial charge on any atom is -0.496 e. The standard InChI is InChI=1S/C16H11ClIN3O2S/c1-23-12-4-2-3-11(17)13(12)14(22)19-16-21-20-15(24-16)9-5-7-10(18)8-6-9/h2-8H,1H3,(H,19,21,22). The Morgan fingerprint density at radius 1 is 1.21 bits per heavy atom. The van der Waals surface area contributed by atoms with Gasteiger partial charge in [-0.3, -0.25) is 10.1 Å². The Kier molecular flexibility index (Phi) is 5.32. The second-order valence-corrected chi connectivity index (χ2v) is 7.32.